The van der Waals surface area contributed by atoms with Gasteiger partial charge in [-0.05, 0) is 42.5 Å². The smallest absolute Gasteiger partial charge is 0.257 e. The molecule has 1 aromatic heterocycles. The van der Waals surface area contributed by atoms with Gasteiger partial charge in [0.15, 0.2) is 5.13 Å². The quantitative estimate of drug-likeness (QED) is 0.663. The van der Waals surface area contributed by atoms with E-state index in [2.05, 4.69) is 10.3 Å². The highest BCUT2D eigenvalue weighted by atomic mass is 35.5. The van der Waals surface area contributed by atoms with Crippen molar-refractivity contribution in [1.29, 1.82) is 0 Å². The van der Waals surface area contributed by atoms with Crippen LogP contribution in [-0.4, -0.2) is 10.9 Å². The number of benzene rings is 2. The Hall–Kier alpha value is -1.95. The summed E-state index contributed by atoms with van der Waals surface area (Å²) < 4.78 is 12.9. The van der Waals surface area contributed by atoms with E-state index in [1.165, 1.54) is 29.5 Å². The molecule has 3 rings (SSSR count). The molecule has 0 unspecified atom stereocenters. The van der Waals surface area contributed by atoms with Crippen molar-refractivity contribution in [3.63, 3.8) is 0 Å². The Bertz CT molecular complexity index is 865. The normalized spacial score (nSPS) is 10.6. The third kappa shape index (κ3) is 3.69. The summed E-state index contributed by atoms with van der Waals surface area (Å²) in [6.45, 7) is 0. The largest absolute Gasteiger partial charge is 0.298 e. The molecule has 1 amide bonds. The number of carbonyl (C=O) groups excluding carboxylic acids is 1. The van der Waals surface area contributed by atoms with E-state index in [-0.39, 0.29) is 11.7 Å². The second-order valence-electron chi connectivity index (χ2n) is 4.63. The summed E-state index contributed by atoms with van der Waals surface area (Å²) in [5.41, 5.74) is 1.83. The highest BCUT2D eigenvalue weighted by Gasteiger charge is 2.11. The summed E-state index contributed by atoms with van der Waals surface area (Å²) in [6, 6.07) is 10.6. The number of rotatable bonds is 3. The number of aromatic nitrogens is 1. The Kier molecular flexibility index (Phi) is 4.61. The minimum Gasteiger partial charge on any atom is -0.298 e. The first-order valence-corrected chi connectivity index (χ1v) is 8.14. The van der Waals surface area contributed by atoms with Gasteiger partial charge in [0.1, 0.15) is 5.82 Å². The van der Waals surface area contributed by atoms with E-state index < -0.39 is 0 Å². The van der Waals surface area contributed by atoms with Crippen molar-refractivity contribution in [3.05, 3.63) is 69.3 Å². The minimum absolute atomic E-state index is 0.308. The number of thiazole rings is 1. The number of hydrogen-bond donors (Lipinski definition) is 1. The van der Waals surface area contributed by atoms with Gasteiger partial charge in [-0.15, -0.1) is 11.3 Å². The number of anilines is 1. The number of nitrogens with one attached hydrogen (secondary N) is 1. The first kappa shape index (κ1) is 15.9. The van der Waals surface area contributed by atoms with E-state index in [4.69, 9.17) is 23.2 Å². The fraction of sp³-hybridized carbons (Fsp3) is 0. The highest BCUT2D eigenvalue weighted by Crippen LogP contribution is 2.26. The van der Waals surface area contributed by atoms with Gasteiger partial charge in [0.2, 0.25) is 0 Å². The predicted octanol–water partition coefficient (Wildman–Crippen LogP) is 5.51. The molecule has 0 atom stereocenters. The van der Waals surface area contributed by atoms with Crippen molar-refractivity contribution in [2.24, 2.45) is 0 Å². The number of nitrogens with zero attached hydrogens (tertiary/aromatic N) is 1. The van der Waals surface area contributed by atoms with Gasteiger partial charge in [-0.3, -0.25) is 10.1 Å². The summed E-state index contributed by atoms with van der Waals surface area (Å²) in [7, 11) is 0. The van der Waals surface area contributed by atoms with Crippen LogP contribution in [0.4, 0.5) is 9.52 Å². The van der Waals surface area contributed by atoms with E-state index in [1.807, 2.05) is 0 Å². The molecule has 2 aromatic carbocycles. The fourth-order valence-corrected chi connectivity index (χ4v) is 2.90. The highest BCUT2D eigenvalue weighted by molar-refractivity contribution is 7.14. The van der Waals surface area contributed by atoms with E-state index in [9.17, 15) is 9.18 Å². The number of carbonyl (C=O) groups is 1. The van der Waals surface area contributed by atoms with Crippen LogP contribution in [0.2, 0.25) is 10.0 Å². The standard InChI is InChI=1S/C16H9Cl2FN2OS/c17-12-6-3-10(7-13(12)18)15(22)21-16-20-14(8-23-16)9-1-4-11(19)5-2-9/h1-8H,(H,20,21,22). The van der Waals surface area contributed by atoms with Crippen molar-refractivity contribution >= 4 is 45.6 Å². The van der Waals surface area contributed by atoms with Gasteiger partial charge in [0, 0.05) is 16.5 Å². The van der Waals surface area contributed by atoms with Crippen molar-refractivity contribution in [2.75, 3.05) is 5.32 Å². The van der Waals surface area contributed by atoms with E-state index in [0.29, 0.717) is 26.4 Å². The molecule has 0 aliphatic carbocycles. The average molecular weight is 367 g/mol. The van der Waals surface area contributed by atoms with Crippen LogP contribution in [0.1, 0.15) is 10.4 Å². The second kappa shape index (κ2) is 6.66. The van der Waals surface area contributed by atoms with Gasteiger partial charge in [-0.1, -0.05) is 23.2 Å². The lowest BCUT2D eigenvalue weighted by Crippen LogP contribution is -2.11. The molecule has 7 heteroatoms. The predicted molar refractivity (Wildman–Crippen MR) is 91.9 cm³/mol. The van der Waals surface area contributed by atoms with Gasteiger partial charge in [-0.25, -0.2) is 9.37 Å². The monoisotopic (exact) mass is 366 g/mol. The Balaban J connectivity index is 1.77. The van der Waals surface area contributed by atoms with Crippen LogP contribution in [0, 0.1) is 5.82 Å². The Morgan fingerprint density at radius 2 is 1.83 bits per heavy atom. The van der Waals surface area contributed by atoms with E-state index >= 15 is 0 Å². The molecule has 0 bridgehead atoms. The van der Waals surface area contributed by atoms with E-state index in [1.54, 1.807) is 29.6 Å². The van der Waals surface area contributed by atoms with Gasteiger partial charge in [-0.2, -0.15) is 0 Å². The molecule has 0 spiro atoms. The number of hydrogen-bond acceptors (Lipinski definition) is 3. The molecule has 23 heavy (non-hydrogen) atoms. The molecular formula is C16H9Cl2FN2OS. The lowest BCUT2D eigenvalue weighted by molar-refractivity contribution is 0.102. The van der Waals surface area contributed by atoms with Crippen molar-refractivity contribution < 1.29 is 9.18 Å². The number of amides is 1. The van der Waals surface area contributed by atoms with E-state index in [0.717, 1.165) is 5.56 Å². The molecule has 116 valence electrons. The van der Waals surface area contributed by atoms with Gasteiger partial charge in [0.25, 0.3) is 5.91 Å². The molecule has 0 fully saturated rings. The summed E-state index contributed by atoms with van der Waals surface area (Å²) >= 11 is 13.0. The maximum atomic E-state index is 12.9. The summed E-state index contributed by atoms with van der Waals surface area (Å²) in [6.07, 6.45) is 0. The van der Waals surface area contributed by atoms with Crippen LogP contribution in [0.3, 0.4) is 0 Å². The average Bonchev–Trinajstić information content (AvgIpc) is 2.99. The fourth-order valence-electron chi connectivity index (χ4n) is 1.89. The molecular weight excluding hydrogens is 358 g/mol. The zero-order valence-electron chi connectivity index (χ0n) is 11.5. The number of halogens is 3. The van der Waals surface area contributed by atoms with Crippen LogP contribution in [-0.2, 0) is 0 Å². The third-order valence-corrected chi connectivity index (χ3v) is 4.54. The topological polar surface area (TPSA) is 42.0 Å². The molecule has 0 aliphatic rings. The zero-order chi connectivity index (χ0) is 16.4. The molecule has 1 heterocycles. The van der Waals surface area contributed by atoms with Gasteiger partial charge in [0.05, 0.1) is 15.7 Å². The van der Waals surface area contributed by atoms with Crippen LogP contribution in [0.15, 0.2) is 47.8 Å². The first-order valence-electron chi connectivity index (χ1n) is 6.51. The SMILES string of the molecule is O=C(Nc1nc(-c2ccc(F)cc2)cs1)c1ccc(Cl)c(Cl)c1. The maximum absolute atomic E-state index is 12.9. The van der Waals surface area contributed by atoms with Crippen molar-refractivity contribution in [2.45, 2.75) is 0 Å². The molecule has 0 saturated carbocycles. The molecule has 0 aliphatic heterocycles. The van der Waals surface area contributed by atoms with Crippen molar-refractivity contribution in [1.82, 2.24) is 4.98 Å². The second-order valence-corrected chi connectivity index (χ2v) is 6.30. The summed E-state index contributed by atoms with van der Waals surface area (Å²) in [5, 5.41) is 5.63. The Morgan fingerprint density at radius 3 is 2.52 bits per heavy atom. The van der Waals surface area contributed by atoms with Crippen LogP contribution < -0.4 is 5.32 Å². The molecule has 3 aromatic rings. The minimum atomic E-state index is -0.330. The van der Waals surface area contributed by atoms with Crippen LogP contribution in [0.25, 0.3) is 11.3 Å². The van der Waals surface area contributed by atoms with Crippen LogP contribution in [0.5, 0.6) is 0 Å². The zero-order valence-corrected chi connectivity index (χ0v) is 13.8. The first-order chi connectivity index (χ1) is 11.0. The Morgan fingerprint density at radius 1 is 1.09 bits per heavy atom. The lowest BCUT2D eigenvalue weighted by Gasteiger charge is -2.03. The molecule has 0 saturated heterocycles. The lowest BCUT2D eigenvalue weighted by atomic mass is 10.2. The van der Waals surface area contributed by atoms with Gasteiger partial charge >= 0.3 is 0 Å². The van der Waals surface area contributed by atoms with Gasteiger partial charge < -0.3 is 0 Å². The molecule has 1 N–H and O–H groups in total. The molecule has 0 radical (unpaired) electrons. The third-order valence-electron chi connectivity index (χ3n) is 3.05. The summed E-state index contributed by atoms with van der Waals surface area (Å²) in [4.78, 5) is 16.5. The molecule has 3 nitrogen and oxygen atoms in total. The maximum Gasteiger partial charge on any atom is 0.257 e. The summed E-state index contributed by atoms with van der Waals surface area (Å²) in [5.74, 6) is -0.638. The van der Waals surface area contributed by atoms with Crippen LogP contribution >= 0.6 is 34.5 Å². The van der Waals surface area contributed by atoms with Crippen molar-refractivity contribution in [3.8, 4) is 11.3 Å². The Labute approximate surface area is 145 Å².